The Morgan fingerprint density at radius 3 is 2.31 bits per heavy atom. The van der Waals surface area contributed by atoms with Crippen LogP contribution in [0.2, 0.25) is 0 Å². The SMILES string of the molecule is CCOc1ccccc1NC(=O)c1ccc(Nc2ccccc2OC(C)C)nc1. The lowest BCUT2D eigenvalue weighted by Gasteiger charge is -2.15. The van der Waals surface area contributed by atoms with Crippen LogP contribution in [0.4, 0.5) is 17.2 Å². The van der Waals surface area contributed by atoms with Gasteiger partial charge in [0.2, 0.25) is 0 Å². The monoisotopic (exact) mass is 391 g/mol. The van der Waals surface area contributed by atoms with Crippen LogP contribution in [0.25, 0.3) is 0 Å². The molecule has 1 aromatic heterocycles. The molecule has 0 saturated carbocycles. The third kappa shape index (κ3) is 5.48. The van der Waals surface area contributed by atoms with E-state index in [2.05, 4.69) is 15.6 Å². The normalized spacial score (nSPS) is 10.5. The second kappa shape index (κ2) is 9.59. The molecule has 2 N–H and O–H groups in total. The summed E-state index contributed by atoms with van der Waals surface area (Å²) in [6, 6.07) is 18.5. The Morgan fingerprint density at radius 1 is 0.966 bits per heavy atom. The van der Waals surface area contributed by atoms with Gasteiger partial charge in [-0.2, -0.15) is 0 Å². The number of para-hydroxylation sites is 4. The summed E-state index contributed by atoms with van der Waals surface area (Å²) >= 11 is 0. The summed E-state index contributed by atoms with van der Waals surface area (Å²) in [6.07, 6.45) is 1.60. The molecule has 150 valence electrons. The van der Waals surface area contributed by atoms with Crippen LogP contribution >= 0.6 is 0 Å². The van der Waals surface area contributed by atoms with Crippen molar-refractivity contribution in [1.82, 2.24) is 4.98 Å². The van der Waals surface area contributed by atoms with Crippen molar-refractivity contribution in [2.24, 2.45) is 0 Å². The molecule has 3 aromatic rings. The molecule has 0 fully saturated rings. The Bertz CT molecular complexity index is 956. The first-order valence-electron chi connectivity index (χ1n) is 9.58. The van der Waals surface area contributed by atoms with E-state index in [0.717, 1.165) is 11.4 Å². The molecule has 0 atom stereocenters. The number of anilines is 3. The zero-order valence-corrected chi connectivity index (χ0v) is 16.8. The molecule has 29 heavy (non-hydrogen) atoms. The van der Waals surface area contributed by atoms with Gasteiger partial charge in [-0.05, 0) is 57.2 Å². The number of pyridine rings is 1. The van der Waals surface area contributed by atoms with Crippen LogP contribution in [0.1, 0.15) is 31.1 Å². The fraction of sp³-hybridized carbons (Fsp3) is 0.217. The number of aromatic nitrogens is 1. The van der Waals surface area contributed by atoms with Crippen LogP contribution in [-0.4, -0.2) is 23.6 Å². The molecular weight excluding hydrogens is 366 g/mol. The second-order valence-electron chi connectivity index (χ2n) is 6.60. The predicted molar refractivity (Wildman–Crippen MR) is 115 cm³/mol. The fourth-order valence-electron chi connectivity index (χ4n) is 2.71. The Kier molecular flexibility index (Phi) is 6.68. The Labute approximate surface area is 170 Å². The van der Waals surface area contributed by atoms with Crippen molar-refractivity contribution in [3.05, 3.63) is 72.4 Å². The molecule has 0 unspecified atom stereocenters. The Balaban J connectivity index is 1.70. The zero-order valence-electron chi connectivity index (χ0n) is 16.8. The van der Waals surface area contributed by atoms with Crippen LogP contribution < -0.4 is 20.1 Å². The van der Waals surface area contributed by atoms with Crippen molar-refractivity contribution < 1.29 is 14.3 Å². The van der Waals surface area contributed by atoms with E-state index in [1.54, 1.807) is 18.2 Å². The van der Waals surface area contributed by atoms with E-state index in [9.17, 15) is 4.79 Å². The number of ether oxygens (including phenoxy) is 2. The lowest BCUT2D eigenvalue weighted by molar-refractivity contribution is 0.102. The fourth-order valence-corrected chi connectivity index (χ4v) is 2.71. The molecule has 0 saturated heterocycles. The number of carbonyl (C=O) groups is 1. The lowest BCUT2D eigenvalue weighted by atomic mass is 10.2. The average molecular weight is 391 g/mol. The maximum Gasteiger partial charge on any atom is 0.257 e. The number of carbonyl (C=O) groups excluding carboxylic acids is 1. The number of hydrogen-bond acceptors (Lipinski definition) is 5. The number of benzene rings is 2. The van der Waals surface area contributed by atoms with Crippen molar-refractivity contribution >= 4 is 23.1 Å². The van der Waals surface area contributed by atoms with E-state index in [-0.39, 0.29) is 12.0 Å². The molecule has 6 nitrogen and oxygen atoms in total. The maximum atomic E-state index is 12.6. The van der Waals surface area contributed by atoms with Gasteiger partial charge in [0.1, 0.15) is 17.3 Å². The van der Waals surface area contributed by atoms with Crippen LogP contribution in [0, 0.1) is 0 Å². The number of nitrogens with one attached hydrogen (secondary N) is 2. The van der Waals surface area contributed by atoms with Gasteiger partial charge in [-0.25, -0.2) is 4.98 Å². The molecule has 1 heterocycles. The van der Waals surface area contributed by atoms with E-state index in [1.807, 2.05) is 63.2 Å². The highest BCUT2D eigenvalue weighted by molar-refractivity contribution is 6.04. The Morgan fingerprint density at radius 2 is 1.66 bits per heavy atom. The summed E-state index contributed by atoms with van der Waals surface area (Å²) in [5.41, 5.74) is 1.89. The molecule has 0 aliphatic rings. The van der Waals surface area contributed by atoms with Crippen molar-refractivity contribution in [3.8, 4) is 11.5 Å². The van der Waals surface area contributed by atoms with Crippen LogP contribution in [0.5, 0.6) is 11.5 Å². The van der Waals surface area contributed by atoms with Crippen LogP contribution in [0.15, 0.2) is 66.9 Å². The molecular formula is C23H25N3O3. The smallest absolute Gasteiger partial charge is 0.257 e. The van der Waals surface area contributed by atoms with E-state index in [1.165, 1.54) is 6.20 Å². The largest absolute Gasteiger partial charge is 0.492 e. The average Bonchev–Trinajstić information content (AvgIpc) is 2.71. The highest BCUT2D eigenvalue weighted by Crippen LogP contribution is 2.28. The summed E-state index contributed by atoms with van der Waals surface area (Å²) in [6.45, 7) is 6.38. The van der Waals surface area contributed by atoms with Gasteiger partial charge >= 0.3 is 0 Å². The summed E-state index contributed by atoms with van der Waals surface area (Å²) in [5.74, 6) is 1.76. The summed E-state index contributed by atoms with van der Waals surface area (Å²) in [5, 5.41) is 6.10. The van der Waals surface area contributed by atoms with Crippen molar-refractivity contribution in [2.75, 3.05) is 17.2 Å². The van der Waals surface area contributed by atoms with Crippen LogP contribution in [-0.2, 0) is 0 Å². The minimum Gasteiger partial charge on any atom is -0.492 e. The topological polar surface area (TPSA) is 72.5 Å². The van der Waals surface area contributed by atoms with Gasteiger partial charge in [-0.3, -0.25) is 4.79 Å². The highest BCUT2D eigenvalue weighted by Gasteiger charge is 2.11. The Hall–Kier alpha value is -3.54. The molecule has 1 amide bonds. The van der Waals surface area contributed by atoms with Crippen molar-refractivity contribution in [1.29, 1.82) is 0 Å². The maximum absolute atomic E-state index is 12.6. The number of nitrogens with zero attached hydrogens (tertiary/aromatic N) is 1. The summed E-state index contributed by atoms with van der Waals surface area (Å²) < 4.78 is 11.4. The van der Waals surface area contributed by atoms with Crippen molar-refractivity contribution in [3.63, 3.8) is 0 Å². The first-order valence-corrected chi connectivity index (χ1v) is 9.58. The minimum absolute atomic E-state index is 0.0662. The first-order chi connectivity index (χ1) is 14.1. The standard InChI is InChI=1S/C23H25N3O3/c1-4-28-20-11-7-5-9-18(20)26-23(27)17-13-14-22(24-15-17)25-19-10-6-8-12-21(19)29-16(2)3/h5-16H,4H2,1-3H3,(H,24,25)(H,26,27). The summed E-state index contributed by atoms with van der Waals surface area (Å²) in [4.78, 5) is 16.9. The molecule has 0 bridgehead atoms. The predicted octanol–water partition coefficient (Wildman–Crippen LogP) is 5.26. The molecule has 6 heteroatoms. The van der Waals surface area contributed by atoms with E-state index >= 15 is 0 Å². The van der Waals surface area contributed by atoms with Crippen molar-refractivity contribution in [2.45, 2.75) is 26.9 Å². The van der Waals surface area contributed by atoms with Gasteiger partial charge in [0, 0.05) is 6.20 Å². The van der Waals surface area contributed by atoms with Gasteiger partial charge in [0.15, 0.2) is 0 Å². The third-order valence-corrected chi connectivity index (χ3v) is 3.97. The number of rotatable bonds is 8. The zero-order chi connectivity index (χ0) is 20.6. The second-order valence-corrected chi connectivity index (χ2v) is 6.60. The van der Waals surface area contributed by atoms with Gasteiger partial charge in [0.05, 0.1) is 29.6 Å². The van der Waals surface area contributed by atoms with E-state index < -0.39 is 0 Å². The lowest BCUT2D eigenvalue weighted by Crippen LogP contribution is -2.13. The van der Waals surface area contributed by atoms with E-state index in [4.69, 9.17) is 9.47 Å². The molecule has 2 aromatic carbocycles. The summed E-state index contributed by atoms with van der Waals surface area (Å²) in [7, 11) is 0. The number of amides is 1. The number of hydrogen-bond donors (Lipinski definition) is 2. The van der Waals surface area contributed by atoms with Gasteiger partial charge in [0.25, 0.3) is 5.91 Å². The molecule has 0 spiro atoms. The minimum atomic E-state index is -0.250. The molecule has 0 aliphatic carbocycles. The van der Waals surface area contributed by atoms with Gasteiger partial charge < -0.3 is 20.1 Å². The van der Waals surface area contributed by atoms with Gasteiger partial charge in [-0.15, -0.1) is 0 Å². The molecule has 0 radical (unpaired) electrons. The highest BCUT2D eigenvalue weighted by atomic mass is 16.5. The first kappa shape index (κ1) is 20.2. The molecule has 0 aliphatic heterocycles. The van der Waals surface area contributed by atoms with Crippen LogP contribution in [0.3, 0.4) is 0 Å². The van der Waals surface area contributed by atoms with E-state index in [0.29, 0.717) is 29.4 Å². The molecule has 3 rings (SSSR count). The quantitative estimate of drug-likeness (QED) is 0.548. The third-order valence-electron chi connectivity index (χ3n) is 3.97. The van der Waals surface area contributed by atoms with Gasteiger partial charge in [-0.1, -0.05) is 24.3 Å².